The van der Waals surface area contributed by atoms with E-state index in [0.29, 0.717) is 18.0 Å². The van der Waals surface area contributed by atoms with Crippen molar-refractivity contribution in [2.75, 3.05) is 13.1 Å². The first-order valence-corrected chi connectivity index (χ1v) is 8.79. The highest BCUT2D eigenvalue weighted by molar-refractivity contribution is 9.10. The lowest BCUT2D eigenvalue weighted by Crippen LogP contribution is -2.48. The second-order valence-corrected chi connectivity index (χ2v) is 7.40. The van der Waals surface area contributed by atoms with Crippen molar-refractivity contribution in [3.63, 3.8) is 0 Å². The van der Waals surface area contributed by atoms with Crippen LogP contribution in [0.25, 0.3) is 0 Å². The summed E-state index contributed by atoms with van der Waals surface area (Å²) in [6.45, 7) is 5.19. The summed E-state index contributed by atoms with van der Waals surface area (Å²) in [4.78, 5) is 17.0. The largest absolute Gasteiger partial charge is 0.337 e. The Morgan fingerprint density at radius 2 is 2.05 bits per heavy atom. The Labute approximate surface area is 135 Å². The standard InChI is InChI=1S/C17H23BrN2O/c1-13-10-15(20-9-5-8-16(18)17(20)21)12-19(13)11-14-6-3-2-4-7-14/h2-4,6-7,13,15-16H,5,8-12H2,1H3. The van der Waals surface area contributed by atoms with Gasteiger partial charge in [-0.1, -0.05) is 46.3 Å². The van der Waals surface area contributed by atoms with Crippen LogP contribution in [0, 0.1) is 0 Å². The van der Waals surface area contributed by atoms with Gasteiger partial charge in [0.1, 0.15) is 0 Å². The van der Waals surface area contributed by atoms with Gasteiger partial charge in [-0.3, -0.25) is 9.69 Å². The van der Waals surface area contributed by atoms with E-state index in [1.165, 1.54) is 5.56 Å². The molecule has 3 atom stereocenters. The molecule has 0 radical (unpaired) electrons. The number of likely N-dealkylation sites (tertiary alicyclic amines) is 2. The average molecular weight is 351 g/mol. The van der Waals surface area contributed by atoms with Crippen molar-refractivity contribution in [1.82, 2.24) is 9.80 Å². The van der Waals surface area contributed by atoms with Gasteiger partial charge in [0.25, 0.3) is 0 Å². The number of carbonyl (C=O) groups excluding carboxylic acids is 1. The molecule has 0 N–H and O–H groups in total. The van der Waals surface area contributed by atoms with Crippen LogP contribution in [0.5, 0.6) is 0 Å². The molecule has 4 heteroatoms. The normalized spacial score (nSPS) is 30.9. The lowest BCUT2D eigenvalue weighted by atomic mass is 10.1. The van der Waals surface area contributed by atoms with Crippen LogP contribution in [0.15, 0.2) is 30.3 Å². The molecule has 2 fully saturated rings. The Kier molecular flexibility index (Phi) is 4.65. The molecule has 0 spiro atoms. The van der Waals surface area contributed by atoms with E-state index in [-0.39, 0.29) is 4.83 Å². The molecule has 3 unspecified atom stereocenters. The van der Waals surface area contributed by atoms with Gasteiger partial charge in [-0.05, 0) is 31.7 Å². The maximum absolute atomic E-state index is 12.3. The van der Waals surface area contributed by atoms with Crippen molar-refractivity contribution in [2.24, 2.45) is 0 Å². The zero-order chi connectivity index (χ0) is 14.8. The van der Waals surface area contributed by atoms with Crippen LogP contribution >= 0.6 is 15.9 Å². The first-order chi connectivity index (χ1) is 10.1. The minimum Gasteiger partial charge on any atom is -0.337 e. The van der Waals surface area contributed by atoms with Crippen LogP contribution in [0.4, 0.5) is 0 Å². The molecule has 2 aliphatic heterocycles. The van der Waals surface area contributed by atoms with Crippen LogP contribution in [-0.2, 0) is 11.3 Å². The summed E-state index contributed by atoms with van der Waals surface area (Å²) < 4.78 is 0. The molecule has 3 rings (SSSR count). The third-order valence-corrected chi connectivity index (χ3v) is 5.61. The zero-order valence-electron chi connectivity index (χ0n) is 12.5. The van der Waals surface area contributed by atoms with Crippen molar-refractivity contribution < 1.29 is 4.79 Å². The predicted octanol–water partition coefficient (Wildman–Crippen LogP) is 3.04. The molecule has 2 saturated heterocycles. The van der Waals surface area contributed by atoms with Gasteiger partial charge in [0.05, 0.1) is 4.83 Å². The number of rotatable bonds is 3. The number of piperidine rings is 1. The Morgan fingerprint density at radius 3 is 2.81 bits per heavy atom. The summed E-state index contributed by atoms with van der Waals surface area (Å²) in [5.74, 6) is 0.292. The summed E-state index contributed by atoms with van der Waals surface area (Å²) in [6.07, 6.45) is 3.19. The Balaban J connectivity index is 1.64. The van der Waals surface area contributed by atoms with Gasteiger partial charge in [-0.25, -0.2) is 0 Å². The topological polar surface area (TPSA) is 23.6 Å². The number of alkyl halides is 1. The predicted molar refractivity (Wildman–Crippen MR) is 88.4 cm³/mol. The van der Waals surface area contributed by atoms with Gasteiger partial charge in [0, 0.05) is 31.7 Å². The third-order valence-electron chi connectivity index (χ3n) is 4.76. The molecule has 3 nitrogen and oxygen atoms in total. The van der Waals surface area contributed by atoms with Crippen molar-refractivity contribution in [3.05, 3.63) is 35.9 Å². The Hall–Kier alpha value is -0.870. The second-order valence-electron chi connectivity index (χ2n) is 6.29. The highest BCUT2D eigenvalue weighted by atomic mass is 79.9. The minimum absolute atomic E-state index is 0.0322. The van der Waals surface area contributed by atoms with E-state index in [2.05, 4.69) is 63.0 Å². The zero-order valence-corrected chi connectivity index (χ0v) is 14.1. The molecule has 1 aromatic rings. The van der Waals surface area contributed by atoms with Gasteiger partial charge in [0.15, 0.2) is 0 Å². The monoisotopic (exact) mass is 350 g/mol. The highest BCUT2D eigenvalue weighted by Crippen LogP contribution is 2.28. The third kappa shape index (κ3) is 3.32. The summed E-state index contributed by atoms with van der Waals surface area (Å²) in [5, 5.41) is 0. The van der Waals surface area contributed by atoms with Crippen molar-refractivity contribution in [1.29, 1.82) is 0 Å². The second kappa shape index (κ2) is 6.49. The maximum Gasteiger partial charge on any atom is 0.236 e. The molecule has 0 aromatic heterocycles. The number of carbonyl (C=O) groups is 1. The maximum atomic E-state index is 12.3. The molecule has 1 amide bonds. The number of amides is 1. The molecule has 2 heterocycles. The van der Waals surface area contributed by atoms with E-state index < -0.39 is 0 Å². The first-order valence-electron chi connectivity index (χ1n) is 7.87. The van der Waals surface area contributed by atoms with Gasteiger partial charge in [-0.15, -0.1) is 0 Å². The molecule has 0 saturated carbocycles. The van der Waals surface area contributed by atoms with Gasteiger partial charge < -0.3 is 4.90 Å². The Morgan fingerprint density at radius 1 is 1.29 bits per heavy atom. The van der Waals surface area contributed by atoms with Crippen LogP contribution in [0.1, 0.15) is 31.7 Å². The fraction of sp³-hybridized carbons (Fsp3) is 0.588. The number of nitrogens with zero attached hydrogens (tertiary/aromatic N) is 2. The van der Waals surface area contributed by atoms with Crippen LogP contribution in [0.3, 0.4) is 0 Å². The van der Waals surface area contributed by atoms with Crippen molar-refractivity contribution in [3.8, 4) is 0 Å². The molecule has 1 aromatic carbocycles. The van der Waals surface area contributed by atoms with Crippen molar-refractivity contribution >= 4 is 21.8 Å². The summed E-state index contributed by atoms with van der Waals surface area (Å²) in [5.41, 5.74) is 1.35. The lowest BCUT2D eigenvalue weighted by molar-refractivity contribution is -0.134. The fourth-order valence-electron chi connectivity index (χ4n) is 3.55. The van der Waals surface area contributed by atoms with Crippen LogP contribution in [-0.4, -0.2) is 45.7 Å². The quantitative estimate of drug-likeness (QED) is 0.782. The SMILES string of the molecule is CC1CC(N2CCCC(Br)C2=O)CN1Cc1ccccc1. The summed E-state index contributed by atoms with van der Waals surface area (Å²) in [6, 6.07) is 11.5. The van der Waals surface area contributed by atoms with E-state index in [1.54, 1.807) is 0 Å². The lowest BCUT2D eigenvalue weighted by Gasteiger charge is -2.34. The fourth-order valence-corrected chi connectivity index (χ4v) is 4.14. The minimum atomic E-state index is 0.0322. The highest BCUT2D eigenvalue weighted by Gasteiger charge is 2.38. The number of hydrogen-bond acceptors (Lipinski definition) is 2. The van der Waals surface area contributed by atoms with E-state index in [0.717, 1.165) is 38.9 Å². The first kappa shape index (κ1) is 15.0. The molecule has 2 aliphatic rings. The smallest absolute Gasteiger partial charge is 0.236 e. The van der Waals surface area contributed by atoms with Crippen LogP contribution in [0.2, 0.25) is 0 Å². The number of hydrogen-bond donors (Lipinski definition) is 0. The summed E-state index contributed by atoms with van der Waals surface area (Å²) >= 11 is 3.52. The number of halogens is 1. The van der Waals surface area contributed by atoms with E-state index >= 15 is 0 Å². The van der Waals surface area contributed by atoms with E-state index in [1.807, 2.05) is 0 Å². The molecule has 21 heavy (non-hydrogen) atoms. The van der Waals surface area contributed by atoms with E-state index in [4.69, 9.17) is 0 Å². The van der Waals surface area contributed by atoms with Crippen molar-refractivity contribution in [2.45, 2.75) is 49.6 Å². The van der Waals surface area contributed by atoms with E-state index in [9.17, 15) is 4.79 Å². The number of benzene rings is 1. The molecule has 0 bridgehead atoms. The Bertz CT molecular complexity index is 493. The van der Waals surface area contributed by atoms with Gasteiger partial charge >= 0.3 is 0 Å². The average Bonchev–Trinajstić information content (AvgIpc) is 2.84. The summed E-state index contributed by atoms with van der Waals surface area (Å²) in [7, 11) is 0. The molecular weight excluding hydrogens is 328 g/mol. The molecular formula is C17H23BrN2O. The van der Waals surface area contributed by atoms with Crippen LogP contribution < -0.4 is 0 Å². The van der Waals surface area contributed by atoms with Gasteiger partial charge in [-0.2, -0.15) is 0 Å². The van der Waals surface area contributed by atoms with Gasteiger partial charge in [0.2, 0.25) is 5.91 Å². The molecule has 0 aliphatic carbocycles. The molecule has 114 valence electrons.